The Morgan fingerprint density at radius 2 is 1.76 bits per heavy atom. The number of hydrogen-bond donors (Lipinski definition) is 3. The fraction of sp³-hybridized carbons (Fsp3) is 0.290. The van der Waals surface area contributed by atoms with Crippen molar-refractivity contribution in [1.82, 2.24) is 5.32 Å². The monoisotopic (exact) mass is 558 g/mol. The summed E-state index contributed by atoms with van der Waals surface area (Å²) in [6.45, 7) is 0. The number of hydrogen-bond acceptors (Lipinski definition) is 7. The number of methoxy groups -OCH3 is 1. The van der Waals surface area contributed by atoms with Crippen LogP contribution in [-0.4, -0.2) is 50.9 Å². The fourth-order valence-corrected chi connectivity index (χ4v) is 4.40. The van der Waals surface area contributed by atoms with Crippen LogP contribution in [0.15, 0.2) is 66.7 Å². The topological polar surface area (TPSA) is 126 Å². The van der Waals surface area contributed by atoms with Gasteiger partial charge >= 0.3 is 5.97 Å². The van der Waals surface area contributed by atoms with Crippen molar-refractivity contribution in [2.45, 2.75) is 38.1 Å². The zero-order valence-corrected chi connectivity index (χ0v) is 23.4. The third-order valence-corrected chi connectivity index (χ3v) is 6.66. The summed E-state index contributed by atoms with van der Waals surface area (Å²) in [4.78, 5) is 52.6. The van der Waals surface area contributed by atoms with Gasteiger partial charge in [0.05, 0.1) is 24.0 Å². The van der Waals surface area contributed by atoms with Crippen LogP contribution in [0, 0.1) is 0 Å². The maximum Gasteiger partial charge on any atom is 0.305 e. The maximum absolute atomic E-state index is 13.2. The molecule has 214 valence electrons. The van der Waals surface area contributed by atoms with E-state index in [4.69, 9.17) is 4.74 Å². The second-order valence-corrected chi connectivity index (χ2v) is 9.91. The van der Waals surface area contributed by atoms with Crippen LogP contribution in [-0.2, 0) is 25.5 Å². The molecule has 0 unspecified atom stereocenters. The molecule has 0 saturated heterocycles. The number of esters is 1. The van der Waals surface area contributed by atoms with Crippen molar-refractivity contribution in [2.75, 3.05) is 36.7 Å². The van der Waals surface area contributed by atoms with Crippen molar-refractivity contribution >= 4 is 40.8 Å². The Bertz CT molecular complexity index is 1420. The number of anilines is 3. The third kappa shape index (κ3) is 7.84. The molecule has 1 aliphatic rings. The molecule has 4 rings (SSSR count). The molecule has 10 heteroatoms. The number of benzene rings is 3. The minimum Gasteiger partial charge on any atom is -0.469 e. The average molecular weight is 559 g/mol. The van der Waals surface area contributed by atoms with Crippen molar-refractivity contribution in [1.29, 1.82) is 0 Å². The molecule has 3 aromatic rings. The van der Waals surface area contributed by atoms with E-state index in [-0.39, 0.29) is 42.2 Å². The van der Waals surface area contributed by atoms with E-state index >= 15 is 0 Å². The van der Waals surface area contributed by atoms with Crippen molar-refractivity contribution < 1.29 is 28.7 Å². The molecule has 1 heterocycles. The summed E-state index contributed by atoms with van der Waals surface area (Å²) >= 11 is 0. The lowest BCUT2D eigenvalue weighted by molar-refractivity contribution is -0.140. The Kier molecular flexibility index (Phi) is 9.57. The lowest BCUT2D eigenvalue weighted by Gasteiger charge is -2.17. The quantitative estimate of drug-likeness (QED) is 0.296. The second kappa shape index (κ2) is 13.5. The summed E-state index contributed by atoms with van der Waals surface area (Å²) in [7, 11) is 5.08. The van der Waals surface area contributed by atoms with E-state index in [2.05, 4.69) is 20.7 Å². The van der Waals surface area contributed by atoms with Gasteiger partial charge in [0, 0.05) is 38.7 Å². The second-order valence-electron chi connectivity index (χ2n) is 9.91. The van der Waals surface area contributed by atoms with E-state index in [0.717, 1.165) is 17.7 Å². The predicted molar refractivity (Wildman–Crippen MR) is 156 cm³/mol. The maximum atomic E-state index is 13.2. The Labute approximate surface area is 239 Å². The van der Waals surface area contributed by atoms with Gasteiger partial charge in [-0.15, -0.1) is 0 Å². The van der Waals surface area contributed by atoms with Gasteiger partial charge in [-0.3, -0.25) is 19.2 Å². The van der Waals surface area contributed by atoms with Crippen molar-refractivity contribution in [3.8, 4) is 11.5 Å². The molecule has 0 radical (unpaired) electrons. The molecule has 1 aliphatic heterocycles. The number of amides is 3. The molecule has 0 fully saturated rings. The molecule has 10 nitrogen and oxygen atoms in total. The van der Waals surface area contributed by atoms with Gasteiger partial charge < -0.3 is 30.3 Å². The summed E-state index contributed by atoms with van der Waals surface area (Å²) in [5.74, 6) is -0.956. The lowest BCUT2D eigenvalue weighted by Crippen LogP contribution is -2.41. The van der Waals surface area contributed by atoms with Crippen LogP contribution in [0.2, 0.25) is 0 Å². The molecule has 0 aromatic heterocycles. The highest BCUT2D eigenvalue weighted by molar-refractivity contribution is 6.11. The van der Waals surface area contributed by atoms with Gasteiger partial charge in [0.2, 0.25) is 11.8 Å². The molecule has 3 amide bonds. The largest absolute Gasteiger partial charge is 0.469 e. The van der Waals surface area contributed by atoms with Crippen molar-refractivity contribution in [3.63, 3.8) is 0 Å². The van der Waals surface area contributed by atoms with E-state index in [9.17, 15) is 19.2 Å². The van der Waals surface area contributed by atoms with E-state index in [1.54, 1.807) is 6.07 Å². The highest BCUT2D eigenvalue weighted by Crippen LogP contribution is 2.37. The summed E-state index contributed by atoms with van der Waals surface area (Å²) in [5, 5.41) is 8.32. The fourth-order valence-electron chi connectivity index (χ4n) is 4.40. The number of ether oxygens (including phenoxy) is 2. The van der Waals surface area contributed by atoms with E-state index in [0.29, 0.717) is 17.9 Å². The van der Waals surface area contributed by atoms with E-state index in [1.807, 2.05) is 67.5 Å². The van der Waals surface area contributed by atoms with Crippen LogP contribution in [0.4, 0.5) is 17.1 Å². The summed E-state index contributed by atoms with van der Waals surface area (Å²) in [5.41, 5.74) is 2.75. The lowest BCUT2D eigenvalue weighted by atomic mass is 10.1. The van der Waals surface area contributed by atoms with Crippen LogP contribution in [0.3, 0.4) is 0 Å². The number of rotatable bonds is 11. The van der Waals surface area contributed by atoms with Gasteiger partial charge in [-0.1, -0.05) is 36.4 Å². The first-order valence-electron chi connectivity index (χ1n) is 13.4. The SMILES string of the molecule is COC(=O)CC[C@H]1NC(=O)c2cc(Oc3cccc(N(C)C)c3)c(NC(=O)CCCc3ccccc3)cc2NC1=O. The van der Waals surface area contributed by atoms with Crippen molar-refractivity contribution in [2.24, 2.45) is 0 Å². The molecule has 0 aliphatic carbocycles. The number of nitrogens with zero attached hydrogens (tertiary/aromatic N) is 1. The van der Waals surface area contributed by atoms with E-state index in [1.165, 1.54) is 19.2 Å². The van der Waals surface area contributed by atoms with Gasteiger partial charge in [-0.2, -0.15) is 0 Å². The molecule has 0 saturated carbocycles. The molecule has 3 aromatic carbocycles. The van der Waals surface area contributed by atoms with Crippen LogP contribution < -0.4 is 25.6 Å². The minimum atomic E-state index is -0.939. The Hall–Kier alpha value is -4.86. The molecule has 0 spiro atoms. The zero-order valence-electron chi connectivity index (χ0n) is 23.4. The van der Waals surface area contributed by atoms with Crippen LogP contribution >= 0.6 is 0 Å². The average Bonchev–Trinajstić information content (AvgIpc) is 3.07. The van der Waals surface area contributed by atoms with Gasteiger partial charge in [-0.05, 0) is 49.1 Å². The Morgan fingerprint density at radius 3 is 2.49 bits per heavy atom. The summed E-state index contributed by atoms with van der Waals surface area (Å²) in [6, 6.07) is 19.4. The minimum absolute atomic E-state index is 0.0356. The molecule has 0 bridgehead atoms. The van der Waals surface area contributed by atoms with Crippen LogP contribution in [0.5, 0.6) is 11.5 Å². The van der Waals surface area contributed by atoms with Gasteiger partial charge in [0.25, 0.3) is 5.91 Å². The smallest absolute Gasteiger partial charge is 0.305 e. The molecule has 1 atom stereocenters. The number of fused-ring (bicyclic) bond motifs is 1. The molecule has 41 heavy (non-hydrogen) atoms. The first-order valence-corrected chi connectivity index (χ1v) is 13.4. The summed E-state index contributed by atoms with van der Waals surface area (Å²) in [6.07, 6.45) is 1.70. The Balaban J connectivity index is 1.59. The third-order valence-electron chi connectivity index (χ3n) is 6.66. The standard InChI is InChI=1S/C31H34N4O6/c1-35(2)21-12-8-13-22(17-21)41-27-18-23-25(34-31(39)24(33-30(23)38)15-16-29(37)40-3)19-26(27)32-28(36)14-7-11-20-9-5-4-6-10-20/h4-6,8-10,12-13,17-19,24H,7,11,14-16H2,1-3H3,(H,32,36)(H,33,38)(H,34,39)/t24-/m1/s1. The van der Waals surface area contributed by atoms with E-state index < -0.39 is 23.8 Å². The predicted octanol–water partition coefficient (Wildman–Crippen LogP) is 4.51. The van der Waals surface area contributed by atoms with Gasteiger partial charge in [0.15, 0.2) is 5.75 Å². The van der Waals surface area contributed by atoms with Crippen molar-refractivity contribution in [3.05, 3.63) is 77.9 Å². The normalized spacial score (nSPS) is 14.2. The van der Waals surface area contributed by atoms with Crippen LogP contribution in [0.25, 0.3) is 0 Å². The summed E-state index contributed by atoms with van der Waals surface area (Å²) < 4.78 is 10.8. The highest BCUT2D eigenvalue weighted by Gasteiger charge is 2.30. The first-order chi connectivity index (χ1) is 19.7. The van der Waals surface area contributed by atoms with Gasteiger partial charge in [-0.25, -0.2) is 0 Å². The molecular formula is C31H34N4O6. The van der Waals surface area contributed by atoms with Crippen LogP contribution in [0.1, 0.15) is 41.6 Å². The molecular weight excluding hydrogens is 524 g/mol. The Morgan fingerprint density at radius 1 is 0.976 bits per heavy atom. The highest BCUT2D eigenvalue weighted by atomic mass is 16.5. The number of nitrogens with one attached hydrogen (secondary N) is 3. The molecule has 3 N–H and O–H groups in total. The van der Waals surface area contributed by atoms with Gasteiger partial charge in [0.1, 0.15) is 11.8 Å². The number of carbonyl (C=O) groups excluding carboxylic acids is 4. The number of aryl methyl sites for hydroxylation is 1. The zero-order chi connectivity index (χ0) is 29.4. The first kappa shape index (κ1) is 29.1. The number of carbonyl (C=O) groups is 4.